The number of carbonyl (C=O) groups is 1. The van der Waals surface area contributed by atoms with Crippen LogP contribution in [0.2, 0.25) is 0 Å². The van der Waals surface area contributed by atoms with Crippen molar-refractivity contribution in [2.75, 3.05) is 43.5 Å². The molecule has 1 aromatic heterocycles. The highest BCUT2D eigenvalue weighted by Gasteiger charge is 2.36. The van der Waals surface area contributed by atoms with Gasteiger partial charge in [-0.3, -0.25) is 4.79 Å². The number of piperidine rings is 1. The maximum Gasteiger partial charge on any atom is 0.210 e. The van der Waals surface area contributed by atoms with E-state index in [2.05, 4.69) is 75.1 Å². The number of nitrogens with zero attached hydrogens (tertiary/aromatic N) is 3. The first kappa shape index (κ1) is 24.6. The van der Waals surface area contributed by atoms with Crippen LogP contribution in [-0.2, 0) is 9.53 Å². The molecule has 5 rings (SSSR count). The van der Waals surface area contributed by atoms with Gasteiger partial charge in [0.1, 0.15) is 5.82 Å². The van der Waals surface area contributed by atoms with Gasteiger partial charge in [-0.25, -0.2) is 4.98 Å². The van der Waals surface area contributed by atoms with Gasteiger partial charge in [-0.05, 0) is 71.6 Å². The summed E-state index contributed by atoms with van der Waals surface area (Å²) < 4.78 is 5.52. The third-order valence-electron chi connectivity index (χ3n) is 8.13. The smallest absolute Gasteiger partial charge is 0.210 e. The first-order valence-electron chi connectivity index (χ1n) is 13.1. The zero-order chi connectivity index (χ0) is 25.4. The molecule has 6 heteroatoms. The lowest BCUT2D eigenvalue weighted by Gasteiger charge is -2.43. The van der Waals surface area contributed by atoms with E-state index in [9.17, 15) is 4.79 Å². The second-order valence-corrected chi connectivity index (χ2v) is 11.4. The van der Waals surface area contributed by atoms with Crippen molar-refractivity contribution in [3.63, 3.8) is 0 Å². The number of ether oxygens (including phenoxy) is 1. The summed E-state index contributed by atoms with van der Waals surface area (Å²) in [5.74, 6) is 1.12. The van der Waals surface area contributed by atoms with Gasteiger partial charge in [0.2, 0.25) is 6.41 Å². The van der Waals surface area contributed by atoms with Crippen molar-refractivity contribution < 1.29 is 9.53 Å². The normalized spacial score (nSPS) is 21.1. The average Bonchev–Trinajstić information content (AvgIpc) is 2.87. The van der Waals surface area contributed by atoms with Crippen LogP contribution in [0.1, 0.15) is 50.8 Å². The molecular weight excluding hydrogens is 448 g/mol. The topological polar surface area (TPSA) is 71.7 Å². The molecule has 3 heterocycles. The summed E-state index contributed by atoms with van der Waals surface area (Å²) in [4.78, 5) is 21.1. The molecule has 0 radical (unpaired) electrons. The molecule has 2 aliphatic heterocycles. The molecule has 0 bridgehead atoms. The molecule has 2 atom stereocenters. The largest absolute Gasteiger partial charge is 0.382 e. The number of anilines is 2. The molecule has 0 spiro atoms. The molecular formula is C30H38N4O2. The van der Waals surface area contributed by atoms with E-state index in [1.54, 1.807) is 0 Å². The number of nitrogen functional groups attached to an aromatic ring is 1. The molecule has 6 nitrogen and oxygen atoms in total. The first-order chi connectivity index (χ1) is 17.3. The molecule has 0 aliphatic carbocycles. The lowest BCUT2D eigenvalue weighted by Crippen LogP contribution is -2.39. The van der Waals surface area contributed by atoms with Gasteiger partial charge in [0.15, 0.2) is 0 Å². The minimum atomic E-state index is 0.0690. The van der Waals surface area contributed by atoms with Crippen molar-refractivity contribution in [1.29, 1.82) is 0 Å². The zero-order valence-electron chi connectivity index (χ0n) is 22.0. The van der Waals surface area contributed by atoms with Crippen LogP contribution in [-0.4, -0.2) is 49.1 Å². The van der Waals surface area contributed by atoms with Crippen LogP contribution in [0.4, 0.5) is 11.5 Å². The second-order valence-electron chi connectivity index (χ2n) is 11.4. The number of morpholine rings is 1. The number of benzene rings is 2. The lowest BCUT2D eigenvalue weighted by molar-refractivity contribution is -0.123. The molecule has 2 saturated heterocycles. The minimum Gasteiger partial charge on any atom is -0.382 e. The van der Waals surface area contributed by atoms with Gasteiger partial charge in [-0.2, -0.15) is 0 Å². The van der Waals surface area contributed by atoms with Gasteiger partial charge in [0.05, 0.1) is 30.5 Å². The van der Waals surface area contributed by atoms with Gasteiger partial charge in [-0.15, -0.1) is 0 Å². The van der Waals surface area contributed by atoms with Crippen LogP contribution in [0.25, 0.3) is 22.0 Å². The van der Waals surface area contributed by atoms with Gasteiger partial charge in [0, 0.05) is 25.0 Å². The van der Waals surface area contributed by atoms with Crippen molar-refractivity contribution in [3.05, 3.63) is 53.6 Å². The number of aromatic nitrogens is 1. The predicted molar refractivity (Wildman–Crippen MR) is 147 cm³/mol. The van der Waals surface area contributed by atoms with Crippen LogP contribution in [0.3, 0.4) is 0 Å². The number of carbonyl (C=O) groups excluding carboxylic acids is 1. The van der Waals surface area contributed by atoms with Crippen molar-refractivity contribution in [2.45, 2.75) is 46.6 Å². The Morgan fingerprint density at radius 3 is 2.58 bits per heavy atom. The van der Waals surface area contributed by atoms with E-state index < -0.39 is 0 Å². The number of pyridine rings is 1. The molecule has 36 heavy (non-hydrogen) atoms. The Labute approximate surface area is 214 Å². The fraction of sp³-hybridized carbons (Fsp3) is 0.467. The summed E-state index contributed by atoms with van der Waals surface area (Å²) in [7, 11) is 0. The highest BCUT2D eigenvalue weighted by Crippen LogP contribution is 2.45. The molecule has 1 amide bonds. The average molecular weight is 487 g/mol. The molecule has 2 N–H and O–H groups in total. The van der Waals surface area contributed by atoms with Crippen LogP contribution >= 0.6 is 0 Å². The Hall–Kier alpha value is -3.12. The molecule has 2 aliphatic rings. The number of hydrogen-bond donors (Lipinski definition) is 1. The van der Waals surface area contributed by atoms with Crippen LogP contribution in [0.5, 0.6) is 0 Å². The summed E-state index contributed by atoms with van der Waals surface area (Å²) >= 11 is 0. The predicted octanol–water partition coefficient (Wildman–Crippen LogP) is 5.58. The Kier molecular flexibility index (Phi) is 6.64. The van der Waals surface area contributed by atoms with E-state index in [-0.39, 0.29) is 11.5 Å². The van der Waals surface area contributed by atoms with E-state index in [1.807, 2.05) is 4.90 Å². The highest BCUT2D eigenvalue weighted by atomic mass is 16.5. The quantitative estimate of drug-likeness (QED) is 0.487. The van der Waals surface area contributed by atoms with Crippen molar-refractivity contribution in [3.8, 4) is 11.1 Å². The molecule has 0 saturated carbocycles. The maximum atomic E-state index is 12.1. The molecule has 2 fully saturated rings. The number of nitrogens with two attached hydrogens (primary N) is 1. The van der Waals surface area contributed by atoms with Crippen molar-refractivity contribution >= 4 is 28.8 Å². The van der Waals surface area contributed by atoms with Gasteiger partial charge in [0.25, 0.3) is 0 Å². The summed E-state index contributed by atoms with van der Waals surface area (Å²) in [5, 5.41) is 1.07. The second kappa shape index (κ2) is 9.74. The van der Waals surface area contributed by atoms with Crippen LogP contribution < -0.4 is 10.6 Å². The standard InChI is InChI=1S/C30H38N4O2/c1-20-6-5-7-24(26-18-23(30(2,3)4)10-11-34(26)19-35)28(20)21-8-9-25-22(16-21)17-27(29(31)32-25)33-12-14-36-15-13-33/h5-9,16-17,19,23,26H,10-15,18H2,1-4H3,(H2,31,32). The van der Waals surface area contributed by atoms with Crippen molar-refractivity contribution in [2.24, 2.45) is 11.3 Å². The van der Waals surface area contributed by atoms with E-state index in [1.165, 1.54) is 16.7 Å². The number of hydrogen-bond acceptors (Lipinski definition) is 5. The monoisotopic (exact) mass is 486 g/mol. The van der Waals surface area contributed by atoms with E-state index in [0.29, 0.717) is 24.9 Å². The zero-order valence-corrected chi connectivity index (χ0v) is 22.0. The Bertz CT molecular complexity index is 1260. The van der Waals surface area contributed by atoms with E-state index in [0.717, 1.165) is 61.0 Å². The summed E-state index contributed by atoms with van der Waals surface area (Å²) in [5.41, 5.74) is 13.2. The fourth-order valence-electron chi connectivity index (χ4n) is 5.96. The van der Waals surface area contributed by atoms with Crippen LogP contribution in [0, 0.1) is 18.3 Å². The summed E-state index contributed by atoms with van der Waals surface area (Å²) in [6.07, 6.45) is 3.07. The van der Waals surface area contributed by atoms with Crippen LogP contribution in [0.15, 0.2) is 42.5 Å². The Morgan fingerprint density at radius 2 is 1.86 bits per heavy atom. The number of rotatable bonds is 4. The van der Waals surface area contributed by atoms with E-state index >= 15 is 0 Å². The van der Waals surface area contributed by atoms with Gasteiger partial charge < -0.3 is 20.3 Å². The lowest BCUT2D eigenvalue weighted by atomic mass is 9.71. The Balaban J connectivity index is 1.59. The van der Waals surface area contributed by atoms with Crippen molar-refractivity contribution in [1.82, 2.24) is 9.88 Å². The highest BCUT2D eigenvalue weighted by molar-refractivity contribution is 5.91. The minimum absolute atomic E-state index is 0.0690. The summed E-state index contributed by atoms with van der Waals surface area (Å²) in [6, 6.07) is 15.2. The number of aryl methyl sites for hydroxylation is 1. The molecule has 3 aromatic rings. The maximum absolute atomic E-state index is 12.1. The summed E-state index contributed by atoms with van der Waals surface area (Å²) in [6.45, 7) is 13.0. The third kappa shape index (κ3) is 4.66. The number of fused-ring (bicyclic) bond motifs is 1. The molecule has 2 aromatic carbocycles. The van der Waals surface area contributed by atoms with Gasteiger partial charge >= 0.3 is 0 Å². The molecule has 2 unspecified atom stereocenters. The fourth-order valence-corrected chi connectivity index (χ4v) is 5.96. The number of amides is 1. The molecule has 190 valence electrons. The third-order valence-corrected chi connectivity index (χ3v) is 8.13. The number of likely N-dealkylation sites (tertiary alicyclic amines) is 1. The van der Waals surface area contributed by atoms with E-state index in [4.69, 9.17) is 15.5 Å². The Morgan fingerprint density at radius 1 is 1.08 bits per heavy atom. The first-order valence-corrected chi connectivity index (χ1v) is 13.1. The van der Waals surface area contributed by atoms with Gasteiger partial charge in [-0.1, -0.05) is 45.0 Å². The SMILES string of the molecule is Cc1cccc(C2CC(C(C)(C)C)CCN2C=O)c1-c1ccc2nc(N)c(N3CCOCC3)cc2c1.